The van der Waals surface area contributed by atoms with Gasteiger partial charge in [-0.3, -0.25) is 4.90 Å². The number of nitrogens with zero attached hydrogens (tertiary/aromatic N) is 2. The number of carboxylic acid groups (broad SMARTS) is 1. The van der Waals surface area contributed by atoms with E-state index < -0.39 is 5.97 Å². The molecule has 5 nitrogen and oxygen atoms in total. The van der Waals surface area contributed by atoms with E-state index in [0.29, 0.717) is 43.0 Å². The van der Waals surface area contributed by atoms with Crippen molar-refractivity contribution in [2.45, 2.75) is 13.3 Å². The first-order valence-corrected chi connectivity index (χ1v) is 9.21. The molecule has 2 aromatic carbocycles. The Labute approximate surface area is 175 Å². The van der Waals surface area contributed by atoms with Crippen LogP contribution < -0.4 is 0 Å². The lowest BCUT2D eigenvalue weighted by Gasteiger charge is -2.24. The zero-order chi connectivity index (χ0) is 19.9. The Hall–Kier alpha value is -2.70. The number of aryl methyl sites for hydroxylation is 1. The molecule has 1 aliphatic heterocycles. The molecular weight excluding hydrogens is 395 g/mol. The maximum Gasteiger partial charge on any atom is 0.332 e. The lowest BCUT2D eigenvalue weighted by Crippen LogP contribution is -2.34. The molecule has 0 bridgehead atoms. The van der Waals surface area contributed by atoms with Crippen molar-refractivity contribution in [1.29, 1.82) is 0 Å². The molecule has 0 fully saturated rings. The second-order valence-corrected chi connectivity index (χ2v) is 6.70. The molecule has 1 heterocycles. The van der Waals surface area contributed by atoms with E-state index in [1.54, 1.807) is 18.2 Å². The smallest absolute Gasteiger partial charge is 0.332 e. The van der Waals surface area contributed by atoms with E-state index in [0.717, 1.165) is 17.7 Å². The topological polar surface area (TPSA) is 62.1 Å². The predicted molar refractivity (Wildman–Crippen MR) is 113 cm³/mol. The molecule has 0 spiro atoms. The molecule has 154 valence electrons. The van der Waals surface area contributed by atoms with Gasteiger partial charge in [-0.25, -0.2) is 9.18 Å². The van der Waals surface area contributed by atoms with Gasteiger partial charge in [0.05, 0.1) is 0 Å². The molecule has 0 amide bonds. The molecule has 0 unspecified atom stereocenters. The summed E-state index contributed by atoms with van der Waals surface area (Å²) < 4.78 is 13.7. The van der Waals surface area contributed by atoms with Crippen LogP contribution in [0.15, 0.2) is 65.3 Å². The number of rotatable bonds is 7. The normalized spacial score (nSPS) is 14.7. The van der Waals surface area contributed by atoms with Crippen molar-refractivity contribution in [3.8, 4) is 0 Å². The molecule has 3 rings (SSSR count). The van der Waals surface area contributed by atoms with Crippen molar-refractivity contribution >= 4 is 24.1 Å². The molecule has 0 saturated heterocycles. The van der Waals surface area contributed by atoms with Gasteiger partial charge in [-0.1, -0.05) is 47.6 Å². The average Bonchev–Trinajstić information content (AvgIpc) is 2.69. The number of carbonyl (C=O) groups is 1. The second-order valence-electron chi connectivity index (χ2n) is 6.70. The van der Waals surface area contributed by atoms with E-state index >= 15 is 0 Å². The van der Waals surface area contributed by atoms with Crippen LogP contribution in [-0.2, 0) is 9.63 Å². The number of halogens is 2. The lowest BCUT2D eigenvalue weighted by atomic mass is 9.98. The van der Waals surface area contributed by atoms with Crippen molar-refractivity contribution in [1.82, 2.24) is 4.90 Å². The summed E-state index contributed by atoms with van der Waals surface area (Å²) in [4.78, 5) is 18.7. The van der Waals surface area contributed by atoms with Gasteiger partial charge in [0, 0.05) is 36.3 Å². The Balaban J connectivity index is 0.00000300. The van der Waals surface area contributed by atoms with Gasteiger partial charge in [-0.05, 0) is 31.0 Å². The van der Waals surface area contributed by atoms with Crippen molar-refractivity contribution < 1.29 is 19.1 Å². The summed E-state index contributed by atoms with van der Waals surface area (Å²) in [6.45, 7) is 4.04. The Morgan fingerprint density at radius 3 is 2.76 bits per heavy atom. The molecule has 1 N–H and O–H groups in total. The quantitative estimate of drug-likeness (QED) is 0.418. The summed E-state index contributed by atoms with van der Waals surface area (Å²) in [5.41, 5.74) is 3.52. The van der Waals surface area contributed by atoms with Crippen LogP contribution in [-0.4, -0.2) is 47.9 Å². The zero-order valence-electron chi connectivity index (χ0n) is 16.2. The fourth-order valence-electron chi connectivity index (χ4n) is 3.16. The molecule has 1 aliphatic rings. The Kier molecular flexibility index (Phi) is 8.36. The molecular formula is C22H24ClFN2O3. The molecule has 2 aromatic rings. The highest BCUT2D eigenvalue weighted by Gasteiger charge is 2.17. The highest BCUT2D eigenvalue weighted by Crippen LogP contribution is 2.16. The van der Waals surface area contributed by atoms with Crippen molar-refractivity contribution in [3.05, 3.63) is 82.7 Å². The van der Waals surface area contributed by atoms with Crippen molar-refractivity contribution in [2.24, 2.45) is 5.16 Å². The first kappa shape index (κ1) is 22.6. The molecule has 0 aromatic heterocycles. The summed E-state index contributed by atoms with van der Waals surface area (Å²) in [5, 5.41) is 13.4. The van der Waals surface area contributed by atoms with E-state index in [2.05, 4.69) is 5.16 Å². The highest BCUT2D eigenvalue weighted by atomic mass is 35.5. The maximum absolute atomic E-state index is 13.7. The summed E-state index contributed by atoms with van der Waals surface area (Å²) in [6.07, 6.45) is 2.47. The summed E-state index contributed by atoms with van der Waals surface area (Å²) in [6, 6.07) is 14.0. The third-order valence-corrected chi connectivity index (χ3v) is 4.66. The van der Waals surface area contributed by atoms with Crippen molar-refractivity contribution in [3.63, 3.8) is 0 Å². The number of hydrogen-bond acceptors (Lipinski definition) is 4. The molecule has 0 atom stereocenters. The highest BCUT2D eigenvalue weighted by molar-refractivity contribution is 6.13. The number of oxime groups is 1. The largest absolute Gasteiger partial charge is 0.478 e. The minimum absolute atomic E-state index is 0. The minimum Gasteiger partial charge on any atom is -0.478 e. The van der Waals surface area contributed by atoms with Gasteiger partial charge in [0.15, 0.2) is 0 Å². The zero-order valence-corrected chi connectivity index (χ0v) is 17.0. The van der Waals surface area contributed by atoms with E-state index in [1.807, 2.05) is 36.1 Å². The van der Waals surface area contributed by atoms with Crippen LogP contribution >= 0.6 is 12.4 Å². The van der Waals surface area contributed by atoms with E-state index in [-0.39, 0.29) is 18.2 Å². The van der Waals surface area contributed by atoms with Gasteiger partial charge in [0.2, 0.25) is 0 Å². The molecule has 0 saturated carbocycles. The summed E-state index contributed by atoms with van der Waals surface area (Å²) >= 11 is 0. The van der Waals surface area contributed by atoms with Crippen LogP contribution in [0.1, 0.15) is 23.1 Å². The molecule has 29 heavy (non-hydrogen) atoms. The number of aliphatic carboxylic acids is 1. The predicted octanol–water partition coefficient (Wildman–Crippen LogP) is 4.04. The van der Waals surface area contributed by atoms with Gasteiger partial charge in [0.1, 0.15) is 18.1 Å². The first-order valence-electron chi connectivity index (χ1n) is 9.21. The third kappa shape index (κ3) is 6.14. The Morgan fingerprint density at radius 1 is 1.24 bits per heavy atom. The van der Waals surface area contributed by atoms with Gasteiger partial charge in [-0.15, -0.1) is 12.4 Å². The van der Waals surface area contributed by atoms with Crippen molar-refractivity contribution in [2.75, 3.05) is 26.2 Å². The molecule has 0 aliphatic carbocycles. The van der Waals surface area contributed by atoms with Crippen LogP contribution in [0.2, 0.25) is 0 Å². The third-order valence-electron chi connectivity index (χ3n) is 4.66. The Morgan fingerprint density at radius 2 is 2.03 bits per heavy atom. The van der Waals surface area contributed by atoms with E-state index in [9.17, 15) is 9.18 Å². The number of carboxylic acids is 1. The lowest BCUT2D eigenvalue weighted by molar-refractivity contribution is -0.133. The monoisotopic (exact) mass is 418 g/mol. The van der Waals surface area contributed by atoms with E-state index in [1.165, 1.54) is 12.1 Å². The maximum atomic E-state index is 13.7. The number of hydrogen-bond donors (Lipinski definition) is 1. The molecule has 7 heteroatoms. The van der Waals surface area contributed by atoms with Crippen LogP contribution in [0.5, 0.6) is 0 Å². The second kappa shape index (κ2) is 10.7. The van der Waals surface area contributed by atoms with Crippen LogP contribution in [0.3, 0.4) is 0 Å². The minimum atomic E-state index is -0.878. The van der Waals surface area contributed by atoms with E-state index in [4.69, 9.17) is 9.94 Å². The fourth-order valence-corrected chi connectivity index (χ4v) is 3.16. The fraction of sp³-hybridized carbons (Fsp3) is 0.273. The standard InChI is InChI=1S/C22H23FN2O3.ClH/c1-16-6-2-3-10-20(16)21(17-7-4-9-19(23)14-17)24-28-13-12-25-11-5-8-18(15-25)22(26)27;/h2-4,6-10,14H,5,11-13,15H2,1H3,(H,26,27);1H/b24-21-;. The van der Waals surface area contributed by atoms with Gasteiger partial charge < -0.3 is 9.94 Å². The summed E-state index contributed by atoms with van der Waals surface area (Å²) in [5.74, 6) is -1.21. The Bertz CT molecular complexity index is 914. The number of benzene rings is 2. The van der Waals surface area contributed by atoms with Crippen LogP contribution in [0.25, 0.3) is 0 Å². The van der Waals surface area contributed by atoms with Gasteiger partial charge in [0.25, 0.3) is 0 Å². The average molecular weight is 419 g/mol. The summed E-state index contributed by atoms with van der Waals surface area (Å²) in [7, 11) is 0. The van der Waals surface area contributed by atoms with Gasteiger partial charge in [-0.2, -0.15) is 0 Å². The van der Waals surface area contributed by atoms with Gasteiger partial charge >= 0.3 is 5.97 Å². The molecule has 0 radical (unpaired) electrons. The van der Waals surface area contributed by atoms with Crippen LogP contribution in [0, 0.1) is 12.7 Å². The SMILES string of the molecule is Cc1ccccc1/C(=N\OCCN1CCC=C(C(=O)O)C1)c1cccc(F)c1.Cl. The first-order chi connectivity index (χ1) is 13.5. The van der Waals surface area contributed by atoms with Crippen LogP contribution in [0.4, 0.5) is 4.39 Å².